The van der Waals surface area contributed by atoms with E-state index in [1.54, 1.807) is 12.1 Å². The molecule has 0 heterocycles. The first-order valence-electron chi connectivity index (χ1n) is 8.97. The summed E-state index contributed by atoms with van der Waals surface area (Å²) in [5, 5.41) is 42.9. The second-order valence-electron chi connectivity index (χ2n) is 7.44. The van der Waals surface area contributed by atoms with Crippen LogP contribution in [-0.2, 0) is 16.0 Å². The van der Waals surface area contributed by atoms with E-state index < -0.39 is 47.3 Å². The number of aromatic hydroxyl groups is 2. The molecule has 0 saturated carbocycles. The van der Waals surface area contributed by atoms with Crippen molar-refractivity contribution in [3.05, 3.63) is 57.6 Å². The Kier molecular flexibility index (Phi) is 4.21. The third-order valence-corrected chi connectivity index (χ3v) is 5.42. The van der Waals surface area contributed by atoms with Crippen molar-refractivity contribution in [1.29, 1.82) is 0 Å². The summed E-state index contributed by atoms with van der Waals surface area (Å²) >= 11 is 0. The van der Waals surface area contributed by atoms with Crippen LogP contribution in [0.1, 0.15) is 62.4 Å². The van der Waals surface area contributed by atoms with Crippen LogP contribution in [0.25, 0.3) is 0 Å². The van der Waals surface area contributed by atoms with Gasteiger partial charge in [0.05, 0.1) is 17.2 Å². The lowest BCUT2D eigenvalue weighted by Gasteiger charge is -2.37. The minimum Gasteiger partial charge on any atom is -0.507 e. The molecule has 29 heavy (non-hydrogen) atoms. The van der Waals surface area contributed by atoms with Gasteiger partial charge in [-0.25, -0.2) is 0 Å². The number of aliphatic hydroxyl groups excluding tert-OH is 1. The number of ether oxygens (including phenoxy) is 1. The first-order valence-corrected chi connectivity index (χ1v) is 8.97. The summed E-state index contributed by atoms with van der Waals surface area (Å²) in [7, 11) is 0. The van der Waals surface area contributed by atoms with Gasteiger partial charge in [-0.2, -0.15) is 0 Å². The number of phenols is 2. The average Bonchev–Trinajstić information content (AvgIpc) is 2.67. The van der Waals surface area contributed by atoms with Gasteiger partial charge in [-0.15, -0.1) is 0 Å². The summed E-state index contributed by atoms with van der Waals surface area (Å²) in [5.74, 6) is -3.09. The van der Waals surface area contributed by atoms with Crippen LogP contribution in [0.2, 0.25) is 0 Å². The molecule has 0 aromatic heterocycles. The molecule has 2 aromatic carbocycles. The molecule has 0 saturated heterocycles. The quantitative estimate of drug-likeness (QED) is 0.372. The minimum atomic E-state index is -1.71. The molecule has 0 bridgehead atoms. The van der Waals surface area contributed by atoms with E-state index in [0.717, 1.165) is 6.92 Å². The summed E-state index contributed by atoms with van der Waals surface area (Å²) in [6.45, 7) is 0.726. The lowest BCUT2D eigenvalue weighted by Crippen LogP contribution is -2.43. The molecule has 8 heteroatoms. The monoisotopic (exact) mass is 398 g/mol. The van der Waals surface area contributed by atoms with Gasteiger partial charge in [-0.1, -0.05) is 24.3 Å². The molecule has 2 aliphatic rings. The molecule has 0 aliphatic heterocycles. The number of carbonyl (C=O) groups is 3. The molecule has 0 fully saturated rings. The molecule has 0 amide bonds. The molecule has 2 atom stereocenters. The Morgan fingerprint density at radius 1 is 1.10 bits per heavy atom. The molecule has 4 N–H and O–H groups in total. The van der Waals surface area contributed by atoms with E-state index in [1.165, 1.54) is 12.1 Å². The fraction of sp³-hybridized carbons (Fsp3) is 0.286. The van der Waals surface area contributed by atoms with Crippen LogP contribution in [0.4, 0.5) is 0 Å². The summed E-state index contributed by atoms with van der Waals surface area (Å²) in [5.41, 5.74) is -2.44. The number of hydrogen-bond donors (Lipinski definition) is 4. The van der Waals surface area contributed by atoms with Crippen molar-refractivity contribution in [2.75, 3.05) is 6.61 Å². The van der Waals surface area contributed by atoms with E-state index in [1.807, 2.05) is 0 Å². The van der Waals surface area contributed by atoms with Crippen LogP contribution in [-0.4, -0.2) is 50.2 Å². The van der Waals surface area contributed by atoms with Crippen LogP contribution in [0.5, 0.6) is 11.5 Å². The van der Waals surface area contributed by atoms with Gasteiger partial charge >= 0.3 is 5.97 Å². The standard InChI is InChI=1S/C21H18O8/c1-9(22)29-8-21(28)6-12-14(13(23)7-21)20(27)16-15(19(12)26)17(24)10-4-2-3-5-11(10)18(16)25/h2-5,13,23,26-28H,6-8H2,1H3/t13-,21?/m0/s1. The number of hydrogen-bond acceptors (Lipinski definition) is 8. The minimum absolute atomic E-state index is 0.0600. The van der Waals surface area contributed by atoms with Crippen molar-refractivity contribution in [1.82, 2.24) is 0 Å². The predicted molar refractivity (Wildman–Crippen MR) is 97.9 cm³/mol. The average molecular weight is 398 g/mol. The maximum absolute atomic E-state index is 13.0. The number of fused-ring (bicyclic) bond motifs is 3. The molecular formula is C21H18O8. The summed E-state index contributed by atoms with van der Waals surface area (Å²) in [4.78, 5) is 37.0. The maximum atomic E-state index is 13.0. The van der Waals surface area contributed by atoms with E-state index in [9.17, 15) is 34.8 Å². The number of ketones is 2. The van der Waals surface area contributed by atoms with Crippen LogP contribution in [0, 0.1) is 0 Å². The van der Waals surface area contributed by atoms with E-state index in [-0.39, 0.29) is 46.2 Å². The second-order valence-corrected chi connectivity index (χ2v) is 7.44. The number of rotatable bonds is 2. The molecule has 2 aliphatic carbocycles. The Morgan fingerprint density at radius 2 is 1.66 bits per heavy atom. The highest BCUT2D eigenvalue weighted by Gasteiger charge is 2.45. The van der Waals surface area contributed by atoms with E-state index in [0.29, 0.717) is 0 Å². The van der Waals surface area contributed by atoms with Gasteiger partial charge < -0.3 is 25.2 Å². The summed E-state index contributed by atoms with van der Waals surface area (Å²) in [6, 6.07) is 6.04. The van der Waals surface area contributed by atoms with Crippen LogP contribution >= 0.6 is 0 Å². The number of carbonyl (C=O) groups excluding carboxylic acids is 3. The summed E-state index contributed by atoms with van der Waals surface area (Å²) < 4.78 is 4.85. The Morgan fingerprint density at radius 3 is 2.21 bits per heavy atom. The highest BCUT2D eigenvalue weighted by Crippen LogP contribution is 2.50. The lowest BCUT2D eigenvalue weighted by molar-refractivity contribution is -0.151. The largest absolute Gasteiger partial charge is 0.507 e. The Hall–Kier alpha value is -3.23. The first kappa shape index (κ1) is 19.1. The van der Waals surface area contributed by atoms with Gasteiger partial charge in [0.25, 0.3) is 0 Å². The van der Waals surface area contributed by atoms with Crippen LogP contribution in [0.3, 0.4) is 0 Å². The smallest absolute Gasteiger partial charge is 0.302 e. The Labute approximate surface area is 165 Å². The third kappa shape index (κ3) is 2.80. The lowest BCUT2D eigenvalue weighted by atomic mass is 9.73. The zero-order chi connectivity index (χ0) is 21.1. The topological polar surface area (TPSA) is 141 Å². The molecule has 150 valence electrons. The van der Waals surface area contributed by atoms with Crippen molar-refractivity contribution >= 4 is 17.5 Å². The molecule has 2 aromatic rings. The van der Waals surface area contributed by atoms with Crippen LogP contribution < -0.4 is 0 Å². The molecule has 4 rings (SSSR count). The highest BCUT2D eigenvalue weighted by atomic mass is 16.5. The fourth-order valence-corrected chi connectivity index (χ4v) is 4.13. The third-order valence-electron chi connectivity index (χ3n) is 5.42. The molecular weight excluding hydrogens is 380 g/mol. The Bertz CT molecular complexity index is 1090. The Balaban J connectivity index is 1.91. The molecule has 0 radical (unpaired) electrons. The number of esters is 1. The highest BCUT2D eigenvalue weighted by molar-refractivity contribution is 6.30. The van der Waals surface area contributed by atoms with E-state index in [2.05, 4.69) is 0 Å². The zero-order valence-electron chi connectivity index (χ0n) is 15.4. The van der Waals surface area contributed by atoms with Gasteiger partial charge in [-0.05, 0) is 0 Å². The van der Waals surface area contributed by atoms with Gasteiger partial charge in [0.1, 0.15) is 23.7 Å². The number of benzene rings is 2. The predicted octanol–water partition coefficient (Wildman–Crippen LogP) is 1.15. The normalized spacial score (nSPS) is 22.5. The number of aliphatic hydroxyl groups is 2. The summed E-state index contributed by atoms with van der Waals surface area (Å²) in [6.07, 6.45) is -2.03. The molecule has 1 unspecified atom stereocenters. The van der Waals surface area contributed by atoms with Crippen molar-refractivity contribution < 1.29 is 39.5 Å². The van der Waals surface area contributed by atoms with Crippen molar-refractivity contribution in [2.45, 2.75) is 31.5 Å². The SMILES string of the molecule is CC(=O)OCC1(O)Cc2c(O)c3c(c(O)c2[C@@H](O)C1)C(=O)c1ccccc1C3=O. The van der Waals surface area contributed by atoms with Gasteiger partial charge in [0, 0.05) is 42.0 Å². The molecule has 0 spiro atoms. The van der Waals surface area contributed by atoms with Gasteiger partial charge in [-0.3, -0.25) is 14.4 Å². The zero-order valence-corrected chi connectivity index (χ0v) is 15.4. The molecule has 8 nitrogen and oxygen atoms in total. The first-order chi connectivity index (χ1) is 13.6. The van der Waals surface area contributed by atoms with Crippen molar-refractivity contribution in [2.24, 2.45) is 0 Å². The van der Waals surface area contributed by atoms with Gasteiger partial charge in [0.15, 0.2) is 11.6 Å². The van der Waals surface area contributed by atoms with Crippen LogP contribution in [0.15, 0.2) is 24.3 Å². The van der Waals surface area contributed by atoms with Gasteiger partial charge in [0.2, 0.25) is 0 Å². The van der Waals surface area contributed by atoms with Crippen molar-refractivity contribution in [3.63, 3.8) is 0 Å². The maximum Gasteiger partial charge on any atom is 0.302 e. The second kappa shape index (κ2) is 6.40. The fourth-order valence-electron chi connectivity index (χ4n) is 4.13. The van der Waals surface area contributed by atoms with E-state index in [4.69, 9.17) is 4.74 Å². The number of phenolic OH excluding ortho intramolecular Hbond substituents is 2. The van der Waals surface area contributed by atoms with E-state index >= 15 is 0 Å². The van der Waals surface area contributed by atoms with Crippen molar-refractivity contribution in [3.8, 4) is 11.5 Å².